The van der Waals surface area contributed by atoms with E-state index in [1.54, 1.807) is 57.2 Å². The lowest BCUT2D eigenvalue weighted by molar-refractivity contribution is 0.00620. The van der Waals surface area contributed by atoms with Crippen molar-refractivity contribution in [2.24, 2.45) is 5.41 Å². The maximum Gasteiger partial charge on any atom is 0.514 e. The van der Waals surface area contributed by atoms with Crippen molar-refractivity contribution in [1.82, 2.24) is 30.0 Å². The molecule has 0 atom stereocenters. The Morgan fingerprint density at radius 3 is 1.56 bits per heavy atom. The first-order valence-corrected chi connectivity index (χ1v) is 24.7. The lowest BCUT2D eigenvalue weighted by atomic mass is 9.72. The first-order chi connectivity index (χ1) is 33.3. The van der Waals surface area contributed by atoms with Crippen LogP contribution in [0.2, 0.25) is 0 Å². The molecule has 0 saturated heterocycles. The van der Waals surface area contributed by atoms with E-state index in [0.717, 1.165) is 39.7 Å². The van der Waals surface area contributed by atoms with E-state index in [9.17, 15) is 18.0 Å². The molecule has 15 nitrogen and oxygen atoms in total. The van der Waals surface area contributed by atoms with Gasteiger partial charge in [-0.1, -0.05) is 113 Å². The topological polar surface area (TPSA) is 179 Å². The van der Waals surface area contributed by atoms with Gasteiger partial charge in [-0.3, -0.25) is 4.72 Å². The Hall–Kier alpha value is -7.59. The third-order valence-corrected chi connectivity index (χ3v) is 12.6. The standard InChI is InChI=1S/C30H35N3O3.C25H26N4O5S/c1-28(2,3)20-29(4,5)22-17-18-26(25(19-22)33-31-23-15-11-12-16-24(23)32-33)35-27(34)36-30(6,7)21-13-9-8-10-14-21;1-16-11-12-17(2)23-22(16)26-29(27-23)20-15-19(35(31,32)28-18-9-7-6-8-10-18)13-14-21(20)33-24(30)34-25(3,4)5/h8-19H,20H2,1-7H3;6-15,28H,1-5H3. The Morgan fingerprint density at radius 2 is 1.03 bits per heavy atom. The number of rotatable bonds is 11. The molecular formula is C55H61N7O8S. The molecular weight excluding hydrogens is 919 g/mol. The van der Waals surface area contributed by atoms with Gasteiger partial charge in [0.1, 0.15) is 44.6 Å². The molecule has 370 valence electrons. The summed E-state index contributed by atoms with van der Waals surface area (Å²) in [6.07, 6.45) is -0.745. The number of para-hydroxylation sites is 1. The molecule has 0 unspecified atom stereocenters. The minimum Gasteiger partial charge on any atom is -0.428 e. The van der Waals surface area contributed by atoms with Gasteiger partial charge < -0.3 is 18.9 Å². The van der Waals surface area contributed by atoms with Crippen LogP contribution in [0.1, 0.15) is 97.9 Å². The lowest BCUT2D eigenvalue weighted by Gasteiger charge is -2.33. The maximum atomic E-state index is 13.1. The highest BCUT2D eigenvalue weighted by molar-refractivity contribution is 7.92. The third kappa shape index (κ3) is 12.8. The molecule has 6 aromatic carbocycles. The van der Waals surface area contributed by atoms with Crippen LogP contribution in [0.25, 0.3) is 33.4 Å². The monoisotopic (exact) mass is 979 g/mol. The van der Waals surface area contributed by atoms with Crippen LogP contribution in [0.5, 0.6) is 11.5 Å². The Kier molecular flexibility index (Phi) is 14.5. The Balaban J connectivity index is 0.000000209. The summed E-state index contributed by atoms with van der Waals surface area (Å²) in [6, 6.07) is 39.5. The molecule has 2 aromatic heterocycles. The van der Waals surface area contributed by atoms with Crippen molar-refractivity contribution in [2.45, 2.75) is 111 Å². The summed E-state index contributed by atoms with van der Waals surface area (Å²) in [6.45, 7) is 23.8. The molecule has 16 heteroatoms. The van der Waals surface area contributed by atoms with E-state index in [1.165, 1.54) is 27.8 Å². The Bertz CT molecular complexity index is 3240. The van der Waals surface area contributed by atoms with Gasteiger partial charge in [0.15, 0.2) is 11.5 Å². The predicted molar refractivity (Wildman–Crippen MR) is 275 cm³/mol. The first kappa shape index (κ1) is 51.3. The second kappa shape index (κ2) is 20.0. The SMILES string of the molecule is CC(C)(C)CC(C)(C)c1ccc(OC(=O)OC(C)(C)c2ccccc2)c(-n2nc3ccccc3n2)c1.Cc1ccc(C)c2nn(-c3cc(S(=O)(=O)Nc4ccccc4)ccc3OC(=O)OC(C)(C)C)nc12. The van der Waals surface area contributed by atoms with Crippen LogP contribution in [-0.2, 0) is 30.5 Å². The maximum absolute atomic E-state index is 13.1. The van der Waals surface area contributed by atoms with Gasteiger partial charge in [-0.05, 0) is 143 Å². The summed E-state index contributed by atoms with van der Waals surface area (Å²) < 4.78 is 50.9. The van der Waals surface area contributed by atoms with Gasteiger partial charge in [-0.25, -0.2) is 18.0 Å². The van der Waals surface area contributed by atoms with Crippen molar-refractivity contribution >= 4 is 50.1 Å². The predicted octanol–water partition coefficient (Wildman–Crippen LogP) is 12.7. The molecule has 0 spiro atoms. The quantitative estimate of drug-likeness (QED) is 0.0959. The number of carbonyl (C=O) groups is 2. The summed E-state index contributed by atoms with van der Waals surface area (Å²) in [5, 5.41) is 18.4. The van der Waals surface area contributed by atoms with Crippen molar-refractivity contribution in [1.29, 1.82) is 0 Å². The fraction of sp³-hybridized carbons (Fsp3) is 0.309. The van der Waals surface area contributed by atoms with E-state index in [4.69, 9.17) is 18.9 Å². The Labute approximate surface area is 415 Å². The second-order valence-corrected chi connectivity index (χ2v) is 22.3. The highest BCUT2D eigenvalue weighted by Crippen LogP contribution is 2.39. The normalized spacial score (nSPS) is 12.2. The van der Waals surface area contributed by atoms with Crippen LogP contribution < -0.4 is 14.2 Å². The van der Waals surface area contributed by atoms with Gasteiger partial charge in [0.05, 0.1) is 4.90 Å². The molecule has 8 rings (SSSR count). The lowest BCUT2D eigenvalue weighted by Crippen LogP contribution is -2.28. The van der Waals surface area contributed by atoms with E-state index in [-0.39, 0.29) is 27.2 Å². The first-order valence-electron chi connectivity index (χ1n) is 23.2. The zero-order valence-corrected chi connectivity index (χ0v) is 43.1. The average molecular weight is 980 g/mol. The molecule has 2 heterocycles. The highest BCUT2D eigenvalue weighted by atomic mass is 32.2. The molecule has 0 aliphatic heterocycles. The summed E-state index contributed by atoms with van der Waals surface area (Å²) in [5.74, 6) is 0.382. The summed E-state index contributed by atoms with van der Waals surface area (Å²) in [4.78, 5) is 28.1. The molecule has 0 aliphatic carbocycles. The second-order valence-electron chi connectivity index (χ2n) is 20.7. The van der Waals surface area contributed by atoms with Crippen LogP contribution in [0.3, 0.4) is 0 Å². The number of aryl methyl sites for hydroxylation is 2. The minimum atomic E-state index is -3.95. The number of hydrogen-bond acceptors (Lipinski definition) is 12. The van der Waals surface area contributed by atoms with Crippen LogP contribution in [0.15, 0.2) is 138 Å². The van der Waals surface area contributed by atoms with Crippen LogP contribution in [-0.4, -0.2) is 56.3 Å². The van der Waals surface area contributed by atoms with Gasteiger partial charge in [0.2, 0.25) is 0 Å². The highest BCUT2D eigenvalue weighted by Gasteiger charge is 2.31. The number of benzene rings is 6. The van der Waals surface area contributed by atoms with Gasteiger partial charge >= 0.3 is 12.3 Å². The number of nitrogens with zero attached hydrogens (tertiary/aromatic N) is 6. The van der Waals surface area contributed by atoms with Gasteiger partial charge in [-0.2, -0.15) is 0 Å². The zero-order valence-electron chi connectivity index (χ0n) is 42.3. The minimum absolute atomic E-state index is 0.0496. The largest absolute Gasteiger partial charge is 0.514 e. The molecule has 1 N–H and O–H groups in total. The van der Waals surface area contributed by atoms with E-state index < -0.39 is 33.5 Å². The molecule has 0 radical (unpaired) electrons. The Morgan fingerprint density at radius 1 is 0.549 bits per heavy atom. The van der Waals surface area contributed by atoms with E-state index in [0.29, 0.717) is 28.2 Å². The summed E-state index contributed by atoms with van der Waals surface area (Å²) in [5.41, 5.74) is 6.19. The van der Waals surface area contributed by atoms with Gasteiger partial charge in [0.25, 0.3) is 10.0 Å². The number of fused-ring (bicyclic) bond motifs is 2. The fourth-order valence-corrected chi connectivity index (χ4v) is 9.21. The van der Waals surface area contributed by atoms with E-state index in [1.807, 2.05) is 107 Å². The van der Waals surface area contributed by atoms with Crippen molar-refractivity contribution in [3.8, 4) is 22.9 Å². The van der Waals surface area contributed by atoms with Crippen LogP contribution >= 0.6 is 0 Å². The summed E-state index contributed by atoms with van der Waals surface area (Å²) >= 11 is 0. The number of nitrogens with one attached hydrogen (secondary N) is 1. The number of aromatic nitrogens is 6. The molecule has 0 saturated carbocycles. The van der Waals surface area contributed by atoms with Crippen molar-refractivity contribution in [3.05, 3.63) is 156 Å². The summed E-state index contributed by atoms with van der Waals surface area (Å²) in [7, 11) is -3.95. The number of anilines is 1. The molecule has 8 aromatic rings. The number of hydrogen-bond donors (Lipinski definition) is 1. The average Bonchev–Trinajstić information content (AvgIpc) is 3.94. The molecule has 71 heavy (non-hydrogen) atoms. The van der Waals surface area contributed by atoms with Gasteiger partial charge in [0, 0.05) is 5.69 Å². The smallest absolute Gasteiger partial charge is 0.428 e. The zero-order chi connectivity index (χ0) is 51.5. The molecule has 0 bridgehead atoms. The van der Waals surface area contributed by atoms with E-state index in [2.05, 4.69) is 59.7 Å². The van der Waals surface area contributed by atoms with Crippen LogP contribution in [0.4, 0.5) is 15.3 Å². The van der Waals surface area contributed by atoms with Crippen LogP contribution in [0, 0.1) is 19.3 Å². The number of ether oxygens (including phenoxy) is 4. The van der Waals surface area contributed by atoms with Gasteiger partial charge in [-0.15, -0.1) is 30.0 Å². The fourth-order valence-electron chi connectivity index (χ4n) is 8.13. The molecule has 0 fully saturated rings. The molecule has 0 amide bonds. The number of carbonyl (C=O) groups excluding carboxylic acids is 2. The van der Waals surface area contributed by atoms with Crippen molar-refractivity contribution in [2.75, 3.05) is 4.72 Å². The van der Waals surface area contributed by atoms with Crippen molar-refractivity contribution < 1.29 is 37.0 Å². The molecule has 0 aliphatic rings. The van der Waals surface area contributed by atoms with Crippen molar-refractivity contribution in [3.63, 3.8) is 0 Å². The number of sulfonamides is 1. The van der Waals surface area contributed by atoms with E-state index >= 15 is 0 Å². The third-order valence-electron chi connectivity index (χ3n) is 11.2.